The lowest BCUT2D eigenvalue weighted by Gasteiger charge is -2.20. The minimum Gasteiger partial charge on any atom is -0.306 e. The first kappa shape index (κ1) is 13.6. The Hall–Kier alpha value is -1.81. The Balaban J connectivity index is 2.23. The second kappa shape index (κ2) is 5.45. The van der Waals surface area contributed by atoms with Gasteiger partial charge in [0.1, 0.15) is 0 Å². The summed E-state index contributed by atoms with van der Waals surface area (Å²) >= 11 is 0. The van der Waals surface area contributed by atoms with Crippen molar-refractivity contribution in [1.29, 1.82) is 0 Å². The predicted octanol–water partition coefficient (Wildman–Crippen LogP) is 2.74. The lowest BCUT2D eigenvalue weighted by atomic mass is 10.1. The Morgan fingerprint density at radius 3 is 2.63 bits per heavy atom. The second-order valence-electron chi connectivity index (χ2n) is 5.67. The van der Waals surface area contributed by atoms with Crippen LogP contribution >= 0.6 is 0 Å². The highest BCUT2D eigenvalue weighted by atomic mass is 15.0. The van der Waals surface area contributed by atoms with E-state index in [-0.39, 0.29) is 5.54 Å². The summed E-state index contributed by atoms with van der Waals surface area (Å²) in [5, 5.41) is 3.43. The molecule has 1 N–H and O–H groups in total. The molecule has 0 aliphatic rings. The number of pyridine rings is 1. The third-order valence-corrected chi connectivity index (χ3v) is 2.77. The van der Waals surface area contributed by atoms with E-state index >= 15 is 0 Å². The van der Waals surface area contributed by atoms with Crippen LogP contribution < -0.4 is 5.32 Å². The molecule has 2 rings (SSSR count). The molecule has 0 amide bonds. The van der Waals surface area contributed by atoms with Gasteiger partial charge in [0.25, 0.3) is 0 Å². The van der Waals surface area contributed by atoms with E-state index in [2.05, 4.69) is 41.0 Å². The number of nitrogens with one attached hydrogen (secondary N) is 1. The van der Waals surface area contributed by atoms with Crippen LogP contribution in [0.4, 0.5) is 0 Å². The highest BCUT2D eigenvalue weighted by Gasteiger charge is 2.10. The van der Waals surface area contributed by atoms with Crippen molar-refractivity contribution < 1.29 is 0 Å². The highest BCUT2D eigenvalue weighted by Crippen LogP contribution is 2.18. The molecular weight excluding hydrogens is 236 g/mol. The standard InChI is InChI=1S/C15H20N4/c1-11-9-16-7-6-13(11)14-17-8-5-12(19-14)10-18-15(2,3)4/h5-9,18H,10H2,1-4H3. The maximum atomic E-state index is 4.61. The monoisotopic (exact) mass is 256 g/mol. The Morgan fingerprint density at radius 1 is 1.16 bits per heavy atom. The van der Waals surface area contributed by atoms with Crippen molar-refractivity contribution in [1.82, 2.24) is 20.3 Å². The fourth-order valence-corrected chi connectivity index (χ4v) is 1.70. The topological polar surface area (TPSA) is 50.7 Å². The number of nitrogens with zero attached hydrogens (tertiary/aromatic N) is 3. The molecule has 0 aromatic carbocycles. The van der Waals surface area contributed by atoms with Crippen LogP contribution in [-0.4, -0.2) is 20.5 Å². The first-order valence-corrected chi connectivity index (χ1v) is 6.44. The van der Waals surface area contributed by atoms with E-state index in [1.165, 1.54) is 0 Å². The first-order chi connectivity index (χ1) is 8.96. The van der Waals surface area contributed by atoms with Gasteiger partial charge in [0, 0.05) is 36.2 Å². The summed E-state index contributed by atoms with van der Waals surface area (Å²) < 4.78 is 0. The molecule has 0 aliphatic heterocycles. The summed E-state index contributed by atoms with van der Waals surface area (Å²) in [5.74, 6) is 0.758. The van der Waals surface area contributed by atoms with Crippen LogP contribution in [0.3, 0.4) is 0 Å². The molecule has 4 heteroatoms. The van der Waals surface area contributed by atoms with Crippen molar-refractivity contribution in [3.05, 3.63) is 42.0 Å². The molecule has 0 spiro atoms. The summed E-state index contributed by atoms with van der Waals surface area (Å²) in [7, 11) is 0. The molecule has 0 bridgehead atoms. The van der Waals surface area contributed by atoms with E-state index < -0.39 is 0 Å². The average Bonchev–Trinajstić information content (AvgIpc) is 2.36. The molecule has 0 fully saturated rings. The molecule has 2 heterocycles. The molecule has 0 saturated heterocycles. The molecule has 0 atom stereocenters. The van der Waals surface area contributed by atoms with Crippen LogP contribution in [-0.2, 0) is 6.54 Å². The van der Waals surface area contributed by atoms with Crippen molar-refractivity contribution in [3.8, 4) is 11.4 Å². The summed E-state index contributed by atoms with van der Waals surface area (Å²) in [5.41, 5.74) is 3.20. The highest BCUT2D eigenvalue weighted by molar-refractivity contribution is 5.58. The van der Waals surface area contributed by atoms with Gasteiger partial charge in [0.15, 0.2) is 5.82 Å². The molecule has 2 aromatic rings. The summed E-state index contributed by atoms with van der Waals surface area (Å²) in [4.78, 5) is 13.0. The van der Waals surface area contributed by atoms with E-state index in [0.717, 1.165) is 29.2 Å². The van der Waals surface area contributed by atoms with E-state index in [9.17, 15) is 0 Å². The third kappa shape index (κ3) is 3.83. The molecule has 0 saturated carbocycles. The van der Waals surface area contributed by atoms with Crippen molar-refractivity contribution >= 4 is 0 Å². The summed E-state index contributed by atoms with van der Waals surface area (Å²) in [6.45, 7) is 9.18. The smallest absolute Gasteiger partial charge is 0.159 e. The zero-order valence-electron chi connectivity index (χ0n) is 11.9. The maximum Gasteiger partial charge on any atom is 0.159 e. The molecule has 4 nitrogen and oxygen atoms in total. The van der Waals surface area contributed by atoms with E-state index in [0.29, 0.717) is 0 Å². The molecule has 0 radical (unpaired) electrons. The molecule has 100 valence electrons. The second-order valence-corrected chi connectivity index (χ2v) is 5.67. The Kier molecular flexibility index (Phi) is 3.90. The van der Waals surface area contributed by atoms with Gasteiger partial charge in [0.2, 0.25) is 0 Å². The van der Waals surface area contributed by atoms with E-state index in [1.807, 2.05) is 31.5 Å². The van der Waals surface area contributed by atoms with Gasteiger partial charge >= 0.3 is 0 Å². The van der Waals surface area contributed by atoms with Crippen LogP contribution in [0.15, 0.2) is 30.7 Å². The molecule has 19 heavy (non-hydrogen) atoms. The van der Waals surface area contributed by atoms with E-state index in [1.54, 1.807) is 6.20 Å². The van der Waals surface area contributed by atoms with Crippen LogP contribution in [0.5, 0.6) is 0 Å². The molecule has 0 unspecified atom stereocenters. The molecule has 0 aliphatic carbocycles. The van der Waals surface area contributed by atoms with Crippen LogP contribution in [0.1, 0.15) is 32.0 Å². The van der Waals surface area contributed by atoms with Crippen LogP contribution in [0.2, 0.25) is 0 Å². The summed E-state index contributed by atoms with van der Waals surface area (Å²) in [6.07, 6.45) is 5.41. The minimum atomic E-state index is 0.0810. The lowest BCUT2D eigenvalue weighted by Crippen LogP contribution is -2.35. The Morgan fingerprint density at radius 2 is 1.95 bits per heavy atom. The zero-order valence-corrected chi connectivity index (χ0v) is 11.9. The number of rotatable bonds is 3. The maximum absolute atomic E-state index is 4.61. The minimum absolute atomic E-state index is 0.0810. The van der Waals surface area contributed by atoms with Crippen molar-refractivity contribution in [2.75, 3.05) is 0 Å². The predicted molar refractivity (Wildman–Crippen MR) is 76.6 cm³/mol. The molecular formula is C15H20N4. The van der Waals surface area contributed by atoms with Crippen molar-refractivity contribution in [2.24, 2.45) is 0 Å². The third-order valence-electron chi connectivity index (χ3n) is 2.77. The Bertz CT molecular complexity index is 558. The van der Waals surface area contributed by atoms with Crippen LogP contribution in [0, 0.1) is 6.92 Å². The van der Waals surface area contributed by atoms with Gasteiger partial charge in [-0.05, 0) is 45.4 Å². The van der Waals surface area contributed by atoms with Crippen LogP contribution in [0.25, 0.3) is 11.4 Å². The number of aryl methyl sites for hydroxylation is 1. The fraction of sp³-hybridized carbons (Fsp3) is 0.400. The SMILES string of the molecule is Cc1cnccc1-c1nccc(CNC(C)(C)C)n1. The number of aromatic nitrogens is 3. The number of hydrogen-bond acceptors (Lipinski definition) is 4. The fourth-order valence-electron chi connectivity index (χ4n) is 1.70. The van der Waals surface area contributed by atoms with E-state index in [4.69, 9.17) is 0 Å². The summed E-state index contributed by atoms with van der Waals surface area (Å²) in [6, 6.07) is 3.89. The van der Waals surface area contributed by atoms with Gasteiger partial charge in [-0.1, -0.05) is 0 Å². The van der Waals surface area contributed by atoms with Gasteiger partial charge < -0.3 is 5.32 Å². The van der Waals surface area contributed by atoms with Gasteiger partial charge in [-0.2, -0.15) is 0 Å². The van der Waals surface area contributed by atoms with Crippen molar-refractivity contribution in [3.63, 3.8) is 0 Å². The quantitative estimate of drug-likeness (QED) is 0.917. The van der Waals surface area contributed by atoms with Gasteiger partial charge in [-0.25, -0.2) is 9.97 Å². The molecule has 2 aromatic heterocycles. The lowest BCUT2D eigenvalue weighted by molar-refractivity contribution is 0.421. The first-order valence-electron chi connectivity index (χ1n) is 6.44. The normalized spacial score (nSPS) is 11.6. The van der Waals surface area contributed by atoms with Crippen molar-refractivity contribution in [2.45, 2.75) is 39.8 Å². The van der Waals surface area contributed by atoms with Gasteiger partial charge in [-0.3, -0.25) is 4.98 Å². The Labute approximate surface area is 114 Å². The largest absolute Gasteiger partial charge is 0.306 e. The van der Waals surface area contributed by atoms with Gasteiger partial charge in [0.05, 0.1) is 5.69 Å². The number of hydrogen-bond donors (Lipinski definition) is 1. The average molecular weight is 256 g/mol. The zero-order chi connectivity index (χ0) is 13.9. The van der Waals surface area contributed by atoms with Gasteiger partial charge in [-0.15, -0.1) is 0 Å².